The fourth-order valence-electron chi connectivity index (χ4n) is 3.85. The first-order valence-corrected chi connectivity index (χ1v) is 11.4. The lowest BCUT2D eigenvalue weighted by atomic mass is 10.0. The van der Waals surface area contributed by atoms with Gasteiger partial charge in [-0.05, 0) is 78.6 Å². The zero-order chi connectivity index (χ0) is 21.2. The second-order valence-corrected chi connectivity index (χ2v) is 8.74. The van der Waals surface area contributed by atoms with E-state index in [2.05, 4.69) is 44.8 Å². The molecule has 1 aliphatic rings. The number of nitrogens with one attached hydrogen (secondary N) is 1. The molecular formula is C25H21N3OS2. The summed E-state index contributed by atoms with van der Waals surface area (Å²) in [6.45, 7) is 2.04. The van der Waals surface area contributed by atoms with Crippen LogP contribution < -0.4 is 15.0 Å². The Morgan fingerprint density at radius 2 is 1.77 bits per heavy atom. The number of para-hydroxylation sites is 1. The molecule has 0 saturated carbocycles. The van der Waals surface area contributed by atoms with Gasteiger partial charge in [0, 0.05) is 16.8 Å². The molecule has 1 aliphatic heterocycles. The van der Waals surface area contributed by atoms with Crippen molar-refractivity contribution in [2.45, 2.75) is 19.0 Å². The molecule has 0 unspecified atom stereocenters. The van der Waals surface area contributed by atoms with E-state index in [1.54, 1.807) is 11.3 Å². The Morgan fingerprint density at radius 3 is 2.48 bits per heavy atom. The van der Waals surface area contributed by atoms with Crippen molar-refractivity contribution < 1.29 is 4.74 Å². The first kappa shape index (κ1) is 19.7. The topological polar surface area (TPSA) is 37.4 Å². The van der Waals surface area contributed by atoms with E-state index in [0.29, 0.717) is 5.11 Å². The summed E-state index contributed by atoms with van der Waals surface area (Å²) in [7, 11) is 0. The lowest BCUT2D eigenvalue weighted by Crippen LogP contribution is -2.28. The summed E-state index contributed by atoms with van der Waals surface area (Å²) in [6.07, 6.45) is 1.83. The maximum absolute atomic E-state index is 6.07. The molecule has 1 N–H and O–H groups in total. The molecule has 0 aliphatic carbocycles. The van der Waals surface area contributed by atoms with E-state index in [9.17, 15) is 0 Å². The number of hydrogen-bond donors (Lipinski definition) is 1. The van der Waals surface area contributed by atoms with E-state index >= 15 is 0 Å². The molecule has 2 atom stereocenters. The summed E-state index contributed by atoms with van der Waals surface area (Å²) < 4.78 is 6.07. The monoisotopic (exact) mass is 443 g/mol. The average molecular weight is 444 g/mol. The Labute approximate surface area is 191 Å². The van der Waals surface area contributed by atoms with Gasteiger partial charge in [0.05, 0.1) is 17.8 Å². The van der Waals surface area contributed by atoms with Gasteiger partial charge in [0.2, 0.25) is 0 Å². The first-order valence-electron chi connectivity index (χ1n) is 10.1. The zero-order valence-corrected chi connectivity index (χ0v) is 18.6. The Balaban J connectivity index is 1.46. The standard InChI is InChI=1S/C25H21N3OS2/c1-17-7-2-3-9-21(17)29-19-13-11-18(12-14-19)28-24(22-10-6-16-31-22)23(27-25(28)30)20-8-4-5-15-26-20/h2-16,23-24H,1H3,(H,27,30)/t23-,24-/m1/s1. The van der Waals surface area contributed by atoms with Crippen LogP contribution in [0.25, 0.3) is 0 Å². The van der Waals surface area contributed by atoms with Gasteiger partial charge in [-0.25, -0.2) is 0 Å². The van der Waals surface area contributed by atoms with Crippen LogP contribution in [0.15, 0.2) is 90.4 Å². The van der Waals surface area contributed by atoms with E-state index in [1.807, 2.05) is 67.7 Å². The van der Waals surface area contributed by atoms with Crippen molar-refractivity contribution in [3.8, 4) is 11.5 Å². The first-order chi connectivity index (χ1) is 15.2. The molecule has 5 rings (SSSR count). The fourth-order valence-corrected chi connectivity index (χ4v) is 5.05. The molecule has 0 spiro atoms. The molecule has 1 saturated heterocycles. The van der Waals surface area contributed by atoms with Gasteiger partial charge in [-0.15, -0.1) is 11.3 Å². The molecule has 0 amide bonds. The van der Waals surface area contributed by atoms with Gasteiger partial charge in [0.25, 0.3) is 0 Å². The highest BCUT2D eigenvalue weighted by molar-refractivity contribution is 7.80. The second kappa shape index (κ2) is 8.49. The Bertz CT molecular complexity index is 1180. The summed E-state index contributed by atoms with van der Waals surface area (Å²) in [5, 5.41) is 6.29. The largest absolute Gasteiger partial charge is 0.457 e. The average Bonchev–Trinajstić information content (AvgIpc) is 3.44. The van der Waals surface area contributed by atoms with Gasteiger partial charge in [-0.3, -0.25) is 4.98 Å². The van der Waals surface area contributed by atoms with E-state index < -0.39 is 0 Å². The van der Waals surface area contributed by atoms with E-state index in [-0.39, 0.29) is 12.1 Å². The maximum Gasteiger partial charge on any atom is 0.174 e. The number of pyridine rings is 1. The van der Waals surface area contributed by atoms with Crippen molar-refractivity contribution in [3.63, 3.8) is 0 Å². The number of ether oxygens (including phenoxy) is 1. The SMILES string of the molecule is Cc1ccccc1Oc1ccc(N2C(=S)N[C@H](c3ccccn3)[C@H]2c2cccs2)cc1. The number of rotatable bonds is 5. The molecule has 3 heterocycles. The van der Waals surface area contributed by atoms with Gasteiger partial charge in [0.15, 0.2) is 5.11 Å². The molecule has 0 radical (unpaired) electrons. The molecule has 1 fully saturated rings. The minimum absolute atomic E-state index is 0.0183. The lowest BCUT2D eigenvalue weighted by molar-refractivity contribution is 0.479. The number of thiocarbonyl (C=S) groups is 1. The summed E-state index contributed by atoms with van der Waals surface area (Å²) in [5.74, 6) is 1.66. The van der Waals surface area contributed by atoms with Crippen LogP contribution in [0.2, 0.25) is 0 Å². The fraction of sp³-hybridized carbons (Fsp3) is 0.120. The van der Waals surface area contributed by atoms with Gasteiger partial charge in [-0.2, -0.15) is 0 Å². The van der Waals surface area contributed by atoms with Crippen molar-refractivity contribution in [2.24, 2.45) is 0 Å². The summed E-state index contributed by atoms with van der Waals surface area (Å²) in [6, 6.07) is 26.3. The number of hydrogen-bond acceptors (Lipinski definition) is 4. The molecule has 2 aromatic heterocycles. The molecule has 31 heavy (non-hydrogen) atoms. The molecular weight excluding hydrogens is 422 g/mol. The number of aromatic nitrogens is 1. The molecule has 154 valence electrons. The predicted octanol–water partition coefficient (Wildman–Crippen LogP) is 6.42. The van der Waals surface area contributed by atoms with Crippen LogP contribution >= 0.6 is 23.6 Å². The van der Waals surface area contributed by atoms with E-state index in [0.717, 1.165) is 28.4 Å². The van der Waals surface area contributed by atoms with Crippen LogP contribution in [-0.4, -0.2) is 10.1 Å². The highest BCUT2D eigenvalue weighted by Crippen LogP contribution is 2.43. The van der Waals surface area contributed by atoms with E-state index in [1.165, 1.54) is 4.88 Å². The van der Waals surface area contributed by atoms with Crippen LogP contribution in [0.4, 0.5) is 5.69 Å². The Hall–Kier alpha value is -3.22. The van der Waals surface area contributed by atoms with Crippen LogP contribution in [0.5, 0.6) is 11.5 Å². The van der Waals surface area contributed by atoms with Gasteiger partial charge in [-0.1, -0.05) is 30.3 Å². The predicted molar refractivity (Wildman–Crippen MR) is 130 cm³/mol. The molecule has 2 aromatic carbocycles. The highest BCUT2D eigenvalue weighted by Gasteiger charge is 2.41. The summed E-state index contributed by atoms with van der Waals surface area (Å²) in [4.78, 5) is 8.01. The molecule has 4 nitrogen and oxygen atoms in total. The Kier molecular flexibility index (Phi) is 5.40. The Morgan fingerprint density at radius 1 is 0.968 bits per heavy atom. The maximum atomic E-state index is 6.07. The number of aryl methyl sites for hydroxylation is 1. The number of anilines is 1. The van der Waals surface area contributed by atoms with Crippen LogP contribution in [0, 0.1) is 6.92 Å². The van der Waals surface area contributed by atoms with Crippen molar-refractivity contribution >= 4 is 34.4 Å². The van der Waals surface area contributed by atoms with Gasteiger partial charge >= 0.3 is 0 Å². The smallest absolute Gasteiger partial charge is 0.174 e. The van der Waals surface area contributed by atoms with Crippen LogP contribution in [0.1, 0.15) is 28.2 Å². The molecule has 0 bridgehead atoms. The highest BCUT2D eigenvalue weighted by atomic mass is 32.1. The minimum atomic E-state index is -0.0183. The molecule has 6 heteroatoms. The number of thiophene rings is 1. The lowest BCUT2D eigenvalue weighted by Gasteiger charge is -2.27. The van der Waals surface area contributed by atoms with E-state index in [4.69, 9.17) is 17.0 Å². The third-order valence-electron chi connectivity index (χ3n) is 5.37. The number of benzene rings is 2. The zero-order valence-electron chi connectivity index (χ0n) is 16.9. The van der Waals surface area contributed by atoms with Crippen LogP contribution in [0.3, 0.4) is 0 Å². The minimum Gasteiger partial charge on any atom is -0.457 e. The second-order valence-electron chi connectivity index (χ2n) is 7.37. The van der Waals surface area contributed by atoms with Crippen molar-refractivity contribution in [1.82, 2.24) is 10.3 Å². The third kappa shape index (κ3) is 3.92. The quantitative estimate of drug-likeness (QED) is 0.360. The van der Waals surface area contributed by atoms with Gasteiger partial charge < -0.3 is 15.0 Å². The van der Waals surface area contributed by atoms with Crippen molar-refractivity contribution in [1.29, 1.82) is 0 Å². The molecule has 4 aromatic rings. The summed E-state index contributed by atoms with van der Waals surface area (Å²) in [5.41, 5.74) is 3.10. The number of nitrogens with zero attached hydrogens (tertiary/aromatic N) is 2. The normalized spacial score (nSPS) is 18.1. The van der Waals surface area contributed by atoms with Crippen molar-refractivity contribution in [3.05, 3.63) is 107 Å². The van der Waals surface area contributed by atoms with Crippen molar-refractivity contribution in [2.75, 3.05) is 4.90 Å². The van der Waals surface area contributed by atoms with Crippen LogP contribution in [-0.2, 0) is 0 Å². The van der Waals surface area contributed by atoms with Gasteiger partial charge in [0.1, 0.15) is 11.5 Å². The summed E-state index contributed by atoms with van der Waals surface area (Å²) >= 11 is 7.50. The third-order valence-corrected chi connectivity index (χ3v) is 6.63.